The lowest BCUT2D eigenvalue weighted by molar-refractivity contribution is 1.18. The van der Waals surface area contributed by atoms with E-state index in [1.165, 1.54) is 88.1 Å². The zero-order valence-corrected chi connectivity index (χ0v) is 30.7. The highest BCUT2D eigenvalue weighted by molar-refractivity contribution is 6.12. The van der Waals surface area contributed by atoms with E-state index in [4.69, 9.17) is 0 Å². The first-order valence-electron chi connectivity index (χ1n) is 19.3. The second kappa shape index (κ2) is 13.2. The lowest BCUT2D eigenvalue weighted by Gasteiger charge is -2.14. The van der Waals surface area contributed by atoms with Crippen LogP contribution in [0.2, 0.25) is 0 Å². The van der Waals surface area contributed by atoms with Crippen LogP contribution >= 0.6 is 0 Å². The third-order valence-corrected chi connectivity index (χ3v) is 11.3. The molecule has 0 saturated carbocycles. The summed E-state index contributed by atoms with van der Waals surface area (Å²) in [5, 5.41) is 4.99. The van der Waals surface area contributed by atoms with Crippen LogP contribution in [0.15, 0.2) is 218 Å². The predicted molar refractivity (Wildman–Crippen MR) is 237 cm³/mol. The highest BCUT2D eigenvalue weighted by Crippen LogP contribution is 2.41. The third-order valence-electron chi connectivity index (χ3n) is 11.3. The molecule has 0 atom stereocenters. The van der Waals surface area contributed by atoms with Crippen LogP contribution in [-0.4, -0.2) is 9.13 Å². The van der Waals surface area contributed by atoms with Gasteiger partial charge >= 0.3 is 0 Å². The van der Waals surface area contributed by atoms with Gasteiger partial charge in [0, 0.05) is 32.9 Å². The zero-order valence-electron chi connectivity index (χ0n) is 30.7. The molecule has 9 aromatic carbocycles. The van der Waals surface area contributed by atoms with Gasteiger partial charge in [0.2, 0.25) is 0 Å². The molecule has 0 unspecified atom stereocenters. The molecule has 0 fully saturated rings. The van der Waals surface area contributed by atoms with Gasteiger partial charge in [-0.15, -0.1) is 0 Å². The molecule has 2 heterocycles. The van der Waals surface area contributed by atoms with Crippen molar-refractivity contribution in [3.63, 3.8) is 0 Å². The van der Waals surface area contributed by atoms with E-state index in [0.29, 0.717) is 0 Å². The zero-order chi connectivity index (χ0) is 37.0. The molecule has 2 aromatic heterocycles. The fourth-order valence-electron chi connectivity index (χ4n) is 8.73. The summed E-state index contributed by atoms with van der Waals surface area (Å²) < 4.78 is 4.84. The Morgan fingerprint density at radius 2 is 0.643 bits per heavy atom. The average molecular weight is 713 g/mol. The fourth-order valence-corrected chi connectivity index (χ4v) is 8.73. The summed E-state index contributed by atoms with van der Waals surface area (Å²) in [5.41, 5.74) is 16.8. The Morgan fingerprint density at radius 1 is 0.214 bits per heavy atom. The lowest BCUT2D eigenvalue weighted by Crippen LogP contribution is -1.95. The van der Waals surface area contributed by atoms with Gasteiger partial charge in [0.1, 0.15) is 0 Å². The Labute approximate surface area is 325 Å². The van der Waals surface area contributed by atoms with E-state index in [9.17, 15) is 0 Å². The first kappa shape index (κ1) is 32.0. The van der Waals surface area contributed by atoms with E-state index < -0.39 is 0 Å². The average Bonchev–Trinajstić information content (AvgIpc) is 3.79. The summed E-state index contributed by atoms with van der Waals surface area (Å²) in [4.78, 5) is 0. The van der Waals surface area contributed by atoms with Crippen molar-refractivity contribution in [2.45, 2.75) is 0 Å². The fraction of sp³-hybridized carbons (Fsp3) is 0. The number of benzene rings is 9. The van der Waals surface area contributed by atoms with Crippen LogP contribution in [-0.2, 0) is 0 Å². The standard InChI is InChI=1S/C54H36N2/c1-3-15-37(16-4-1)39-19-13-21-43(33-39)55-52-28-12-10-26-48(52)50-35-41(30-32-53(50)55)45-23-7-8-24-46(45)42-29-31-49-47-25-9-11-27-51(47)56(54(49)36-42)44-22-14-20-40(34-44)38-17-5-2-6-18-38/h1-36H. The summed E-state index contributed by atoms with van der Waals surface area (Å²) in [6.07, 6.45) is 0. The molecule has 262 valence electrons. The number of hydrogen-bond acceptors (Lipinski definition) is 0. The van der Waals surface area contributed by atoms with Gasteiger partial charge in [-0.05, 0) is 99.1 Å². The van der Waals surface area contributed by atoms with E-state index in [-0.39, 0.29) is 0 Å². The SMILES string of the molecule is c1ccc(-c2cccc(-n3c4ccccc4c4cc(-c5ccccc5-c5ccc6c7ccccc7n(-c7cccc(-c8ccccc8)c7)c6c5)ccc43)c2)cc1. The van der Waals surface area contributed by atoms with Crippen LogP contribution in [0.4, 0.5) is 0 Å². The quantitative estimate of drug-likeness (QED) is 0.162. The Bertz CT molecular complexity index is 3240. The molecule has 2 heteroatoms. The van der Waals surface area contributed by atoms with Crippen molar-refractivity contribution in [3.8, 4) is 55.9 Å². The molecule has 0 N–H and O–H groups in total. The number of aromatic nitrogens is 2. The Balaban J connectivity index is 1.06. The Hall–Kier alpha value is -7.42. The van der Waals surface area contributed by atoms with Crippen molar-refractivity contribution in [2.75, 3.05) is 0 Å². The molecule has 11 aromatic rings. The van der Waals surface area contributed by atoms with E-state index in [1.54, 1.807) is 0 Å². The maximum absolute atomic E-state index is 2.43. The molecule has 0 bridgehead atoms. The highest BCUT2D eigenvalue weighted by atomic mass is 15.0. The maximum atomic E-state index is 2.43. The molecular weight excluding hydrogens is 677 g/mol. The first-order chi connectivity index (χ1) is 27.8. The van der Waals surface area contributed by atoms with Crippen molar-refractivity contribution >= 4 is 43.6 Å². The Morgan fingerprint density at radius 3 is 1.25 bits per heavy atom. The van der Waals surface area contributed by atoms with Gasteiger partial charge in [0.05, 0.1) is 22.1 Å². The lowest BCUT2D eigenvalue weighted by atomic mass is 9.93. The van der Waals surface area contributed by atoms with Gasteiger partial charge < -0.3 is 9.13 Å². The number of nitrogens with zero attached hydrogens (tertiary/aromatic N) is 2. The van der Waals surface area contributed by atoms with Crippen molar-refractivity contribution in [3.05, 3.63) is 218 Å². The normalized spacial score (nSPS) is 11.6. The van der Waals surface area contributed by atoms with Crippen LogP contribution < -0.4 is 0 Å². The number of hydrogen-bond donors (Lipinski definition) is 0. The molecule has 0 aliphatic rings. The third kappa shape index (κ3) is 5.26. The van der Waals surface area contributed by atoms with Crippen molar-refractivity contribution in [1.82, 2.24) is 9.13 Å². The smallest absolute Gasteiger partial charge is 0.0547 e. The minimum atomic E-state index is 1.15. The number of rotatable bonds is 6. The van der Waals surface area contributed by atoms with Crippen LogP contribution in [0, 0.1) is 0 Å². The molecule has 2 nitrogen and oxygen atoms in total. The molecule has 0 aliphatic carbocycles. The van der Waals surface area contributed by atoms with Gasteiger partial charge in [0.25, 0.3) is 0 Å². The first-order valence-corrected chi connectivity index (χ1v) is 19.3. The Kier molecular flexibility index (Phi) is 7.53. The van der Waals surface area contributed by atoms with Gasteiger partial charge in [0.15, 0.2) is 0 Å². The van der Waals surface area contributed by atoms with Crippen molar-refractivity contribution in [1.29, 1.82) is 0 Å². The second-order valence-electron chi connectivity index (χ2n) is 14.5. The molecule has 0 aliphatic heterocycles. The van der Waals surface area contributed by atoms with E-state index in [0.717, 1.165) is 11.4 Å². The summed E-state index contributed by atoms with van der Waals surface area (Å²) >= 11 is 0. The highest BCUT2D eigenvalue weighted by Gasteiger charge is 2.18. The predicted octanol–water partition coefficient (Wildman–Crippen LogP) is 14.5. The van der Waals surface area contributed by atoms with Gasteiger partial charge in [-0.1, -0.05) is 164 Å². The number of para-hydroxylation sites is 2. The summed E-state index contributed by atoms with van der Waals surface area (Å²) in [7, 11) is 0. The van der Waals surface area contributed by atoms with E-state index in [2.05, 4.69) is 228 Å². The number of fused-ring (bicyclic) bond motifs is 6. The summed E-state index contributed by atoms with van der Waals surface area (Å²) in [6.45, 7) is 0. The van der Waals surface area contributed by atoms with E-state index in [1.807, 2.05) is 0 Å². The van der Waals surface area contributed by atoms with Crippen LogP contribution in [0.3, 0.4) is 0 Å². The minimum Gasteiger partial charge on any atom is -0.309 e. The molecule has 11 rings (SSSR count). The molecule has 0 radical (unpaired) electrons. The van der Waals surface area contributed by atoms with E-state index >= 15 is 0 Å². The van der Waals surface area contributed by atoms with Gasteiger partial charge in [-0.2, -0.15) is 0 Å². The van der Waals surface area contributed by atoms with Gasteiger partial charge in [-0.3, -0.25) is 0 Å². The maximum Gasteiger partial charge on any atom is 0.0547 e. The summed E-state index contributed by atoms with van der Waals surface area (Å²) in [6, 6.07) is 79.4. The minimum absolute atomic E-state index is 1.15. The topological polar surface area (TPSA) is 9.86 Å². The second-order valence-corrected chi connectivity index (χ2v) is 14.5. The van der Waals surface area contributed by atoms with Gasteiger partial charge in [-0.25, -0.2) is 0 Å². The van der Waals surface area contributed by atoms with Crippen molar-refractivity contribution < 1.29 is 0 Å². The van der Waals surface area contributed by atoms with Crippen LogP contribution in [0.25, 0.3) is 99.5 Å². The molecule has 56 heavy (non-hydrogen) atoms. The van der Waals surface area contributed by atoms with Crippen LogP contribution in [0.1, 0.15) is 0 Å². The molecule has 0 saturated heterocycles. The largest absolute Gasteiger partial charge is 0.309 e. The molecule has 0 spiro atoms. The molecule has 0 amide bonds. The van der Waals surface area contributed by atoms with Crippen molar-refractivity contribution in [2.24, 2.45) is 0 Å². The van der Waals surface area contributed by atoms with Crippen LogP contribution in [0.5, 0.6) is 0 Å². The summed E-state index contributed by atoms with van der Waals surface area (Å²) in [5.74, 6) is 0. The monoisotopic (exact) mass is 712 g/mol. The molecular formula is C54H36N2.